The van der Waals surface area contributed by atoms with Gasteiger partial charge in [-0.05, 0) is 19.3 Å². The van der Waals surface area contributed by atoms with Crippen molar-refractivity contribution in [1.29, 1.82) is 0 Å². The van der Waals surface area contributed by atoms with Crippen molar-refractivity contribution in [3.8, 4) is 0 Å². The van der Waals surface area contributed by atoms with Crippen LogP contribution in [0, 0.1) is 0 Å². The van der Waals surface area contributed by atoms with Gasteiger partial charge < -0.3 is 29.7 Å². The summed E-state index contributed by atoms with van der Waals surface area (Å²) in [5.41, 5.74) is -1.18. The number of rotatable bonds is 10. The molecule has 1 aliphatic heterocycles. The Bertz CT molecular complexity index is 618. The molecule has 1 aliphatic rings. The van der Waals surface area contributed by atoms with E-state index in [1.165, 1.54) is 0 Å². The zero-order chi connectivity index (χ0) is 20.6. The van der Waals surface area contributed by atoms with E-state index in [0.29, 0.717) is 36.8 Å². The molecule has 11 nitrogen and oxygen atoms in total. The van der Waals surface area contributed by atoms with Crippen LogP contribution in [0.25, 0.3) is 0 Å². The molecule has 28 heavy (non-hydrogen) atoms. The first kappa shape index (κ1) is 29.3. The maximum atomic E-state index is 11.0. The summed E-state index contributed by atoms with van der Waals surface area (Å²) in [5, 5.41) is 42.0. The number of aliphatic hydroxyl groups is 4. The number of aliphatic hydroxyl groups excluding tert-OH is 4. The SMILES string of the molecule is CS(=O)CCCCC/C(=N/OS(=O)(=O)[O-])S[C@@H]1O[C@H](CO)[C@@H](O)[C@H](O)[C@H]1O.[K+]. The number of nitrogens with zero attached hydrogens (tertiary/aromatic N) is 1. The van der Waals surface area contributed by atoms with Gasteiger partial charge in [-0.2, -0.15) is 8.42 Å². The Balaban J connectivity index is 0.00000729. The van der Waals surface area contributed by atoms with Crippen molar-refractivity contribution < 1.29 is 98.0 Å². The summed E-state index contributed by atoms with van der Waals surface area (Å²) < 4.78 is 52.1. The Labute approximate surface area is 213 Å². The van der Waals surface area contributed by atoms with Gasteiger partial charge in [0, 0.05) is 22.8 Å². The first-order valence-corrected chi connectivity index (χ1v) is 12.0. The second kappa shape index (κ2) is 14.4. The molecule has 0 aliphatic carbocycles. The molecule has 0 radical (unpaired) electrons. The third kappa shape index (κ3) is 11.1. The molecule has 0 bridgehead atoms. The van der Waals surface area contributed by atoms with Gasteiger partial charge in [-0.25, -0.2) is 0 Å². The molecule has 160 valence electrons. The third-order valence-corrected chi connectivity index (χ3v) is 5.95. The van der Waals surface area contributed by atoms with Gasteiger partial charge in [-0.3, -0.25) is 8.49 Å². The molecule has 1 unspecified atom stereocenters. The Morgan fingerprint density at radius 3 is 2.39 bits per heavy atom. The molecule has 0 aromatic carbocycles. The van der Waals surface area contributed by atoms with E-state index in [0.717, 1.165) is 0 Å². The first-order chi connectivity index (χ1) is 12.5. The average Bonchev–Trinajstić information content (AvgIpc) is 2.58. The van der Waals surface area contributed by atoms with E-state index in [1.807, 2.05) is 0 Å². The van der Waals surface area contributed by atoms with E-state index in [1.54, 1.807) is 6.26 Å². The van der Waals surface area contributed by atoms with Crippen molar-refractivity contribution in [2.24, 2.45) is 5.16 Å². The number of hydrogen-bond donors (Lipinski definition) is 4. The van der Waals surface area contributed by atoms with Gasteiger partial charge in [0.1, 0.15) is 34.9 Å². The molecular weight excluding hydrogens is 465 g/mol. The van der Waals surface area contributed by atoms with Crippen LogP contribution >= 0.6 is 11.8 Å². The predicted molar refractivity (Wildman–Crippen MR) is 97.0 cm³/mol. The maximum Gasteiger partial charge on any atom is 1.00 e. The Hall–Kier alpha value is 1.32. The topological polar surface area (TPSA) is 186 Å². The minimum absolute atomic E-state index is 0. The summed E-state index contributed by atoms with van der Waals surface area (Å²) in [4.78, 5) is 0. The summed E-state index contributed by atoms with van der Waals surface area (Å²) in [7, 11) is -6.01. The van der Waals surface area contributed by atoms with Gasteiger partial charge in [-0.1, -0.05) is 23.3 Å². The zero-order valence-corrected chi connectivity index (χ0v) is 21.1. The van der Waals surface area contributed by atoms with Crippen LogP contribution in [0.1, 0.15) is 25.7 Å². The third-order valence-electron chi connectivity index (χ3n) is 3.65. The molecule has 1 heterocycles. The molecule has 1 rings (SSSR count). The van der Waals surface area contributed by atoms with Crippen molar-refractivity contribution in [1.82, 2.24) is 0 Å². The number of hydrogen-bond acceptors (Lipinski definition) is 12. The summed E-state index contributed by atoms with van der Waals surface area (Å²) in [5.74, 6) is 0.512. The van der Waals surface area contributed by atoms with Crippen molar-refractivity contribution in [2.75, 3.05) is 18.6 Å². The molecule has 6 atom stereocenters. The Kier molecular flexibility index (Phi) is 15.1. The molecule has 15 heteroatoms. The second-order valence-corrected chi connectivity index (χ2v) is 9.56. The number of thioether (sulfide) groups is 1. The van der Waals surface area contributed by atoms with Gasteiger partial charge in [-0.15, -0.1) is 0 Å². The van der Waals surface area contributed by atoms with Gasteiger partial charge in [0.05, 0.1) is 6.61 Å². The fraction of sp³-hybridized carbons (Fsp3) is 0.923. The van der Waals surface area contributed by atoms with Crippen LogP contribution < -0.4 is 51.4 Å². The van der Waals surface area contributed by atoms with E-state index in [4.69, 9.17) is 4.74 Å². The van der Waals surface area contributed by atoms with Crippen LogP contribution in [0.3, 0.4) is 0 Å². The number of oxime groups is 1. The largest absolute Gasteiger partial charge is 1.00 e. The van der Waals surface area contributed by atoms with Crippen LogP contribution in [0.5, 0.6) is 0 Å². The zero-order valence-electron chi connectivity index (χ0n) is 15.5. The van der Waals surface area contributed by atoms with Gasteiger partial charge in [0.15, 0.2) is 0 Å². The van der Waals surface area contributed by atoms with Gasteiger partial charge in [0.25, 0.3) is 10.4 Å². The minimum Gasteiger partial charge on any atom is -0.714 e. The number of unbranched alkanes of at least 4 members (excludes halogenated alkanes) is 2. The van der Waals surface area contributed by atoms with Crippen LogP contribution in [0.4, 0.5) is 0 Å². The number of ether oxygens (including phenoxy) is 1. The molecule has 0 spiro atoms. The van der Waals surface area contributed by atoms with Crippen LogP contribution in [-0.4, -0.2) is 91.1 Å². The molecule has 4 N–H and O–H groups in total. The normalized spacial score (nSPS) is 29.8. The van der Waals surface area contributed by atoms with Crippen LogP contribution in [0.2, 0.25) is 0 Å². The summed E-state index contributed by atoms with van der Waals surface area (Å²) in [6, 6.07) is 0. The van der Waals surface area contributed by atoms with Gasteiger partial charge >= 0.3 is 51.4 Å². The van der Waals surface area contributed by atoms with Crippen molar-refractivity contribution in [3.63, 3.8) is 0 Å². The van der Waals surface area contributed by atoms with E-state index < -0.39 is 57.7 Å². The first-order valence-electron chi connectivity index (χ1n) is 8.03. The monoisotopic (exact) mass is 489 g/mol. The molecule has 0 saturated carbocycles. The van der Waals surface area contributed by atoms with Crippen LogP contribution in [0.15, 0.2) is 5.16 Å². The summed E-state index contributed by atoms with van der Waals surface area (Å²) >= 11 is 0.711. The smallest absolute Gasteiger partial charge is 0.714 e. The molecule has 0 aromatic heterocycles. The predicted octanol–water partition coefficient (Wildman–Crippen LogP) is -4.75. The molecular formula is C13H24KNO10S3. The minimum atomic E-state index is -5.08. The van der Waals surface area contributed by atoms with E-state index in [-0.39, 0.29) is 62.8 Å². The molecule has 0 aromatic rings. The average molecular weight is 490 g/mol. The second-order valence-electron chi connectivity index (χ2n) is 5.87. The molecule has 1 saturated heterocycles. The van der Waals surface area contributed by atoms with Gasteiger partial charge in [0.2, 0.25) is 0 Å². The van der Waals surface area contributed by atoms with Crippen molar-refractivity contribution in [2.45, 2.75) is 55.5 Å². The van der Waals surface area contributed by atoms with Crippen molar-refractivity contribution in [3.05, 3.63) is 0 Å². The summed E-state index contributed by atoms with van der Waals surface area (Å²) in [6.07, 6.45) is -2.24. The van der Waals surface area contributed by atoms with E-state index in [9.17, 15) is 37.6 Å². The van der Waals surface area contributed by atoms with Crippen LogP contribution in [-0.2, 0) is 30.2 Å². The fourth-order valence-electron chi connectivity index (χ4n) is 2.27. The van der Waals surface area contributed by atoms with Crippen molar-refractivity contribution >= 4 is 38.0 Å². The van der Waals surface area contributed by atoms with E-state index >= 15 is 0 Å². The molecule has 1 fully saturated rings. The van der Waals surface area contributed by atoms with E-state index in [2.05, 4.69) is 9.44 Å². The summed E-state index contributed by atoms with van der Waals surface area (Å²) in [6.45, 7) is -0.617. The standard InChI is InChI=1S/C13H25NO10S3.K/c1-26(19)6-4-2-3-5-9(14-24-27(20,21)22)25-13-12(18)11(17)10(16)8(7-15)23-13;/h8,10-13,15-18H,2-7H2,1H3,(H,20,21,22);/q;+1/p-1/b14-9-;/t8-,10-,11+,12-,13+,26?;/m1./s1. The Morgan fingerprint density at radius 2 is 1.86 bits per heavy atom. The molecule has 0 amide bonds. The Morgan fingerprint density at radius 1 is 1.21 bits per heavy atom. The quantitative estimate of drug-likeness (QED) is 0.0439. The maximum absolute atomic E-state index is 11.0. The fourth-order valence-corrected chi connectivity index (χ4v) is 4.22.